The van der Waals surface area contributed by atoms with Crippen LogP contribution in [0, 0.1) is 0 Å². The zero-order chi connectivity index (χ0) is 17.9. The minimum atomic E-state index is -2.31. The summed E-state index contributed by atoms with van der Waals surface area (Å²) in [5, 5.41) is 16.8. The third kappa shape index (κ3) is 8.45. The van der Waals surface area contributed by atoms with Gasteiger partial charge in [-0.1, -0.05) is 12.1 Å². The molecule has 2 N–H and O–H groups in total. The van der Waals surface area contributed by atoms with Crippen LogP contribution in [0.25, 0.3) is 0 Å². The fraction of sp³-hybridized carbons (Fsp3) is 0.400. The van der Waals surface area contributed by atoms with Gasteiger partial charge in [0.05, 0.1) is 5.56 Å². The van der Waals surface area contributed by atoms with E-state index in [1.165, 1.54) is 0 Å². The molecule has 132 valence electrons. The van der Waals surface area contributed by atoms with E-state index in [0.717, 1.165) is 12.0 Å². The quantitative estimate of drug-likeness (QED) is 0.348. The summed E-state index contributed by atoms with van der Waals surface area (Å²) in [6.45, 7) is -1.22. The molecule has 0 aliphatic heterocycles. The minimum Gasteiger partial charge on any atom is -0.480 e. The Balaban J connectivity index is 2.29. The second-order valence-electron chi connectivity index (χ2n) is 4.93. The SMILES string of the molecule is O=C(O)COC(=O)c1ccc(CCCC[PH](=O)OCC(=O)O)cc1. The van der Waals surface area contributed by atoms with E-state index < -0.39 is 39.1 Å². The van der Waals surface area contributed by atoms with Crippen molar-refractivity contribution in [2.75, 3.05) is 19.4 Å². The van der Waals surface area contributed by atoms with Crippen LogP contribution < -0.4 is 0 Å². The maximum Gasteiger partial charge on any atom is 0.341 e. The molecular weight excluding hydrogens is 339 g/mol. The van der Waals surface area contributed by atoms with Crippen molar-refractivity contribution in [1.82, 2.24) is 0 Å². The summed E-state index contributed by atoms with van der Waals surface area (Å²) in [6, 6.07) is 6.58. The van der Waals surface area contributed by atoms with Gasteiger partial charge in [-0.25, -0.2) is 14.4 Å². The largest absolute Gasteiger partial charge is 0.480 e. The van der Waals surface area contributed by atoms with Crippen LogP contribution in [0.3, 0.4) is 0 Å². The Morgan fingerprint density at radius 2 is 1.58 bits per heavy atom. The molecule has 0 amide bonds. The average Bonchev–Trinajstić information content (AvgIpc) is 2.55. The molecular formula is C15H19O8P. The normalized spacial score (nSPS) is 11.7. The molecule has 1 unspecified atom stereocenters. The van der Waals surface area contributed by atoms with Crippen molar-refractivity contribution in [1.29, 1.82) is 0 Å². The highest BCUT2D eigenvalue weighted by Gasteiger charge is 2.09. The third-order valence-electron chi connectivity index (χ3n) is 2.97. The molecule has 1 aromatic carbocycles. The number of hydrogen-bond donors (Lipinski definition) is 2. The van der Waals surface area contributed by atoms with Gasteiger partial charge in [-0.2, -0.15) is 0 Å². The summed E-state index contributed by atoms with van der Waals surface area (Å²) in [7, 11) is -2.31. The summed E-state index contributed by atoms with van der Waals surface area (Å²) in [4.78, 5) is 32.1. The number of esters is 1. The highest BCUT2D eigenvalue weighted by atomic mass is 31.1. The van der Waals surface area contributed by atoms with Gasteiger partial charge in [0, 0.05) is 6.16 Å². The first kappa shape index (κ1) is 19.9. The van der Waals surface area contributed by atoms with Gasteiger partial charge in [0.25, 0.3) is 0 Å². The number of ether oxygens (including phenoxy) is 1. The zero-order valence-electron chi connectivity index (χ0n) is 12.9. The van der Waals surface area contributed by atoms with Crippen molar-refractivity contribution in [2.24, 2.45) is 0 Å². The standard InChI is InChI=1S/C15H19O8P/c16-13(17)9-22-15(20)12-6-4-11(5-7-12)3-1-2-8-24(21)23-10-14(18)19/h4-7,24H,1-3,8-10H2,(H,16,17)(H,18,19). The Hall–Kier alpha value is -2.18. The number of aryl methyl sites for hydroxylation is 1. The lowest BCUT2D eigenvalue weighted by molar-refractivity contribution is -0.140. The topological polar surface area (TPSA) is 127 Å². The van der Waals surface area contributed by atoms with Crippen LogP contribution in [0.2, 0.25) is 0 Å². The molecule has 0 heterocycles. The van der Waals surface area contributed by atoms with Crippen LogP contribution in [-0.2, 0) is 29.8 Å². The predicted octanol–water partition coefficient (Wildman–Crippen LogP) is 1.83. The van der Waals surface area contributed by atoms with E-state index in [2.05, 4.69) is 4.74 Å². The van der Waals surface area contributed by atoms with Crippen LogP contribution in [0.15, 0.2) is 24.3 Å². The first-order valence-electron chi connectivity index (χ1n) is 7.23. The van der Waals surface area contributed by atoms with Gasteiger partial charge in [-0.15, -0.1) is 0 Å². The second kappa shape index (κ2) is 10.6. The van der Waals surface area contributed by atoms with E-state index in [-0.39, 0.29) is 5.56 Å². The lowest BCUT2D eigenvalue weighted by atomic mass is 10.1. The number of carbonyl (C=O) groups excluding carboxylic acids is 1. The Bertz CT molecular complexity index is 596. The monoisotopic (exact) mass is 358 g/mol. The molecule has 0 saturated carbocycles. The van der Waals surface area contributed by atoms with Crippen LogP contribution in [-0.4, -0.2) is 47.5 Å². The molecule has 0 radical (unpaired) electrons. The summed E-state index contributed by atoms with van der Waals surface area (Å²) >= 11 is 0. The summed E-state index contributed by atoms with van der Waals surface area (Å²) < 4.78 is 20.7. The van der Waals surface area contributed by atoms with Crippen molar-refractivity contribution in [3.05, 3.63) is 35.4 Å². The number of carbonyl (C=O) groups is 3. The maximum atomic E-state index is 11.5. The highest BCUT2D eigenvalue weighted by molar-refractivity contribution is 7.39. The fourth-order valence-corrected chi connectivity index (χ4v) is 2.80. The second-order valence-corrected chi connectivity index (χ2v) is 6.46. The van der Waals surface area contributed by atoms with Crippen molar-refractivity contribution >= 4 is 25.9 Å². The van der Waals surface area contributed by atoms with E-state index in [0.29, 0.717) is 19.0 Å². The third-order valence-corrected chi connectivity index (χ3v) is 4.20. The van der Waals surface area contributed by atoms with Gasteiger partial charge in [0.2, 0.25) is 0 Å². The molecule has 0 fully saturated rings. The van der Waals surface area contributed by atoms with Crippen molar-refractivity contribution < 1.29 is 38.4 Å². The number of hydrogen-bond acceptors (Lipinski definition) is 6. The van der Waals surface area contributed by atoms with Crippen LogP contribution >= 0.6 is 8.03 Å². The van der Waals surface area contributed by atoms with Gasteiger partial charge in [-0.05, 0) is 37.0 Å². The Labute approximate surface area is 139 Å². The molecule has 0 aliphatic carbocycles. The molecule has 1 rings (SSSR count). The summed E-state index contributed by atoms with van der Waals surface area (Å²) in [5.41, 5.74) is 1.24. The van der Waals surface area contributed by atoms with E-state index in [1.54, 1.807) is 24.3 Å². The molecule has 0 aromatic heterocycles. The molecule has 24 heavy (non-hydrogen) atoms. The fourth-order valence-electron chi connectivity index (χ4n) is 1.83. The van der Waals surface area contributed by atoms with Gasteiger partial charge in [0.1, 0.15) is 0 Å². The molecule has 9 heteroatoms. The molecule has 0 spiro atoms. The van der Waals surface area contributed by atoms with E-state index in [9.17, 15) is 18.9 Å². The Morgan fingerprint density at radius 1 is 0.958 bits per heavy atom. The van der Waals surface area contributed by atoms with Crippen molar-refractivity contribution in [3.8, 4) is 0 Å². The van der Waals surface area contributed by atoms with Gasteiger partial charge < -0.3 is 19.5 Å². The lowest BCUT2D eigenvalue weighted by Gasteiger charge is -2.05. The van der Waals surface area contributed by atoms with E-state index >= 15 is 0 Å². The molecule has 8 nitrogen and oxygen atoms in total. The highest BCUT2D eigenvalue weighted by Crippen LogP contribution is 2.23. The van der Waals surface area contributed by atoms with E-state index in [1.807, 2.05) is 0 Å². The number of aliphatic carboxylic acids is 2. The molecule has 1 atom stereocenters. The smallest absolute Gasteiger partial charge is 0.341 e. The maximum absolute atomic E-state index is 11.5. The van der Waals surface area contributed by atoms with Gasteiger partial charge >= 0.3 is 17.9 Å². The van der Waals surface area contributed by atoms with Crippen LogP contribution in [0.5, 0.6) is 0 Å². The number of rotatable bonds is 11. The van der Waals surface area contributed by atoms with Crippen LogP contribution in [0.1, 0.15) is 28.8 Å². The minimum absolute atomic E-state index is 0.270. The molecule has 0 saturated heterocycles. The Morgan fingerprint density at radius 3 is 2.17 bits per heavy atom. The lowest BCUT2D eigenvalue weighted by Crippen LogP contribution is -2.13. The van der Waals surface area contributed by atoms with Crippen molar-refractivity contribution in [2.45, 2.75) is 19.3 Å². The predicted molar refractivity (Wildman–Crippen MR) is 84.8 cm³/mol. The summed E-state index contributed by atoms with van der Waals surface area (Å²) in [6.07, 6.45) is 2.42. The van der Waals surface area contributed by atoms with Gasteiger partial charge in [0.15, 0.2) is 21.2 Å². The molecule has 0 bridgehead atoms. The molecule has 1 aromatic rings. The zero-order valence-corrected chi connectivity index (χ0v) is 13.9. The number of carboxylic acid groups (broad SMARTS) is 2. The van der Waals surface area contributed by atoms with Gasteiger partial charge in [-0.3, -0.25) is 4.57 Å². The molecule has 0 aliphatic rings. The van der Waals surface area contributed by atoms with Crippen molar-refractivity contribution in [3.63, 3.8) is 0 Å². The van der Waals surface area contributed by atoms with E-state index in [4.69, 9.17) is 14.7 Å². The van der Waals surface area contributed by atoms with Crippen LogP contribution in [0.4, 0.5) is 0 Å². The number of benzene rings is 1. The number of unbranched alkanes of at least 4 members (excludes halogenated alkanes) is 1. The average molecular weight is 358 g/mol. The first-order chi connectivity index (χ1) is 11.4. The number of carboxylic acids is 2. The Kier molecular flexibility index (Phi) is 8.75. The first-order valence-corrected chi connectivity index (χ1v) is 8.76. The summed E-state index contributed by atoms with van der Waals surface area (Å²) in [5.74, 6) is -3.06.